The Labute approximate surface area is 75.9 Å². The molecule has 0 saturated carbocycles. The Hall–Kier alpha value is -0.850. The number of hydrogen-bond acceptors (Lipinski definition) is 1. The number of rotatable bonds is 2. The summed E-state index contributed by atoms with van der Waals surface area (Å²) in [6.07, 6.45) is 3.74. The zero-order chi connectivity index (χ0) is 9.78. The predicted octanol–water partition coefficient (Wildman–Crippen LogP) is 3.58. The minimum absolute atomic E-state index is 0.0886. The van der Waals surface area contributed by atoms with Gasteiger partial charge in [-0.05, 0) is 19.4 Å². The normalized spacial score (nSPS) is 13.9. The quantitative estimate of drug-likeness (QED) is 0.554. The molecule has 0 unspecified atom stereocenters. The van der Waals surface area contributed by atoms with Crippen LogP contribution in [-0.2, 0) is 0 Å². The van der Waals surface area contributed by atoms with Crippen LogP contribution in [-0.4, -0.2) is 5.71 Å². The van der Waals surface area contributed by atoms with Crippen LogP contribution in [0.15, 0.2) is 29.4 Å². The lowest BCUT2D eigenvalue weighted by atomic mass is 9.86. The Kier molecular flexibility index (Phi) is 3.94. The van der Waals surface area contributed by atoms with E-state index in [1.807, 2.05) is 26.1 Å². The highest BCUT2D eigenvalue weighted by Crippen LogP contribution is 2.20. The summed E-state index contributed by atoms with van der Waals surface area (Å²) in [6, 6.07) is 0. The van der Waals surface area contributed by atoms with Gasteiger partial charge in [-0.2, -0.15) is 0 Å². The maximum absolute atomic E-state index is 4.35. The molecule has 0 radical (unpaired) electrons. The lowest BCUT2D eigenvalue weighted by molar-refractivity contribution is 0.591. The fraction of sp³-hybridized carbons (Fsp3) is 0.545. The third-order valence-corrected chi connectivity index (χ3v) is 1.47. The molecule has 0 aliphatic rings. The Morgan fingerprint density at radius 2 is 1.83 bits per heavy atom. The lowest BCUT2D eigenvalue weighted by Gasteiger charge is -2.20. The van der Waals surface area contributed by atoms with E-state index in [1.54, 1.807) is 0 Å². The summed E-state index contributed by atoms with van der Waals surface area (Å²) in [6.45, 7) is 14.3. The second-order valence-electron chi connectivity index (χ2n) is 3.99. The Morgan fingerprint density at radius 3 is 2.08 bits per heavy atom. The molecule has 0 amide bonds. The largest absolute Gasteiger partial charge is 0.261 e. The van der Waals surface area contributed by atoms with Crippen molar-refractivity contribution in [3.63, 3.8) is 0 Å². The fourth-order valence-electron chi connectivity index (χ4n) is 1.09. The summed E-state index contributed by atoms with van der Waals surface area (Å²) in [5, 5.41) is 0. The maximum atomic E-state index is 4.35. The highest BCUT2D eigenvalue weighted by Gasteiger charge is 2.18. The van der Waals surface area contributed by atoms with Crippen molar-refractivity contribution < 1.29 is 0 Å². The Bertz CT molecular complexity index is 214. The first-order chi connectivity index (χ1) is 5.39. The van der Waals surface area contributed by atoms with Crippen molar-refractivity contribution in [2.24, 2.45) is 10.4 Å². The lowest BCUT2D eigenvalue weighted by Crippen LogP contribution is -2.20. The molecule has 1 heteroatoms. The third-order valence-electron chi connectivity index (χ3n) is 1.47. The van der Waals surface area contributed by atoms with Crippen molar-refractivity contribution >= 4 is 5.71 Å². The molecule has 0 saturated heterocycles. The molecule has 0 aromatic carbocycles. The Balaban J connectivity index is 4.80. The van der Waals surface area contributed by atoms with Gasteiger partial charge in [0.2, 0.25) is 0 Å². The second-order valence-corrected chi connectivity index (χ2v) is 3.99. The average Bonchev–Trinajstić information content (AvgIpc) is 1.84. The molecule has 0 atom stereocenters. The molecular weight excluding hydrogens is 146 g/mol. The number of aliphatic imine (C=N–C) groups is 1. The highest BCUT2D eigenvalue weighted by atomic mass is 14.7. The van der Waals surface area contributed by atoms with E-state index in [9.17, 15) is 0 Å². The van der Waals surface area contributed by atoms with E-state index in [0.717, 1.165) is 11.3 Å². The van der Waals surface area contributed by atoms with Crippen LogP contribution in [0.25, 0.3) is 0 Å². The summed E-state index contributed by atoms with van der Waals surface area (Å²) in [5.74, 6) is 0. The van der Waals surface area contributed by atoms with Gasteiger partial charge >= 0.3 is 0 Å². The number of allylic oxidation sites excluding steroid dienone is 2. The molecular formula is C11H19N. The first kappa shape index (κ1) is 11.2. The van der Waals surface area contributed by atoms with Gasteiger partial charge in [-0.25, -0.2) is 0 Å². The zero-order valence-electron chi connectivity index (χ0n) is 8.81. The van der Waals surface area contributed by atoms with Crippen LogP contribution in [0.4, 0.5) is 0 Å². The minimum Gasteiger partial charge on any atom is -0.261 e. The predicted molar refractivity (Wildman–Crippen MR) is 56.5 cm³/mol. The topological polar surface area (TPSA) is 12.4 Å². The maximum Gasteiger partial charge on any atom is 0.0480 e. The zero-order valence-corrected chi connectivity index (χ0v) is 8.81. The molecule has 1 nitrogen and oxygen atoms in total. The molecule has 0 fully saturated rings. The van der Waals surface area contributed by atoms with Crippen molar-refractivity contribution in [2.45, 2.75) is 34.6 Å². The highest BCUT2D eigenvalue weighted by molar-refractivity contribution is 6.03. The number of nitrogens with zero attached hydrogens (tertiary/aromatic N) is 1. The van der Waals surface area contributed by atoms with Gasteiger partial charge < -0.3 is 0 Å². The summed E-state index contributed by atoms with van der Waals surface area (Å²) in [4.78, 5) is 4.35. The van der Waals surface area contributed by atoms with Gasteiger partial charge in [0.25, 0.3) is 0 Å². The van der Waals surface area contributed by atoms with Crippen molar-refractivity contribution in [1.82, 2.24) is 0 Å². The molecule has 12 heavy (non-hydrogen) atoms. The molecule has 0 aliphatic carbocycles. The van der Waals surface area contributed by atoms with Crippen molar-refractivity contribution in [2.75, 3.05) is 0 Å². The average molecular weight is 165 g/mol. The summed E-state index contributed by atoms with van der Waals surface area (Å²) in [5.41, 5.74) is 2.20. The first-order valence-electron chi connectivity index (χ1n) is 4.25. The minimum atomic E-state index is 0.0886. The second kappa shape index (κ2) is 4.24. The van der Waals surface area contributed by atoms with Gasteiger partial charge in [0, 0.05) is 17.3 Å². The summed E-state index contributed by atoms with van der Waals surface area (Å²) >= 11 is 0. The van der Waals surface area contributed by atoms with E-state index in [-0.39, 0.29) is 5.41 Å². The molecule has 68 valence electrons. The standard InChI is InChI=1S/C11H19N/c1-7-8-12-10(9(2)3)11(4,5)6/h7-8H,2H2,1,3-6H3/b8-7-,12-10?. The van der Waals surface area contributed by atoms with Crippen LogP contribution in [0.3, 0.4) is 0 Å². The van der Waals surface area contributed by atoms with E-state index >= 15 is 0 Å². The first-order valence-corrected chi connectivity index (χ1v) is 4.25. The van der Waals surface area contributed by atoms with Crippen LogP contribution in [0, 0.1) is 5.41 Å². The fourth-order valence-corrected chi connectivity index (χ4v) is 1.09. The number of hydrogen-bond donors (Lipinski definition) is 0. The molecule has 0 aromatic heterocycles. The van der Waals surface area contributed by atoms with Crippen LogP contribution in [0.2, 0.25) is 0 Å². The monoisotopic (exact) mass is 165 g/mol. The van der Waals surface area contributed by atoms with E-state index in [1.165, 1.54) is 0 Å². The van der Waals surface area contributed by atoms with Gasteiger partial charge in [-0.1, -0.05) is 33.4 Å². The van der Waals surface area contributed by atoms with Crippen LogP contribution in [0.5, 0.6) is 0 Å². The van der Waals surface area contributed by atoms with Crippen molar-refractivity contribution in [1.29, 1.82) is 0 Å². The van der Waals surface area contributed by atoms with Crippen LogP contribution in [0.1, 0.15) is 34.6 Å². The molecule has 0 heterocycles. The molecule has 0 bridgehead atoms. The van der Waals surface area contributed by atoms with Crippen molar-refractivity contribution in [3.05, 3.63) is 24.4 Å². The summed E-state index contributed by atoms with van der Waals surface area (Å²) in [7, 11) is 0. The van der Waals surface area contributed by atoms with E-state index in [0.29, 0.717) is 0 Å². The molecule has 0 spiro atoms. The van der Waals surface area contributed by atoms with E-state index in [2.05, 4.69) is 32.3 Å². The molecule has 0 aliphatic heterocycles. The SMILES string of the molecule is C=C(C)C(=N/C=C\C)C(C)(C)C. The van der Waals surface area contributed by atoms with Gasteiger partial charge in [-0.15, -0.1) is 0 Å². The summed E-state index contributed by atoms with van der Waals surface area (Å²) < 4.78 is 0. The Morgan fingerprint density at radius 1 is 1.33 bits per heavy atom. The van der Waals surface area contributed by atoms with Crippen LogP contribution >= 0.6 is 0 Å². The van der Waals surface area contributed by atoms with Gasteiger partial charge in [0.15, 0.2) is 0 Å². The van der Waals surface area contributed by atoms with Gasteiger partial charge in [0.05, 0.1) is 0 Å². The van der Waals surface area contributed by atoms with Gasteiger partial charge in [0.1, 0.15) is 0 Å². The smallest absolute Gasteiger partial charge is 0.0480 e. The molecule has 0 N–H and O–H groups in total. The third kappa shape index (κ3) is 3.51. The van der Waals surface area contributed by atoms with Gasteiger partial charge in [-0.3, -0.25) is 4.99 Å². The molecule has 0 rings (SSSR count). The van der Waals surface area contributed by atoms with E-state index < -0.39 is 0 Å². The van der Waals surface area contributed by atoms with Crippen LogP contribution < -0.4 is 0 Å². The van der Waals surface area contributed by atoms with E-state index in [4.69, 9.17) is 0 Å². The van der Waals surface area contributed by atoms with Crippen molar-refractivity contribution in [3.8, 4) is 0 Å². The molecule has 0 aromatic rings.